The number of rotatable bonds is 4. The van der Waals surface area contributed by atoms with Crippen LogP contribution in [0.25, 0.3) is 5.65 Å². The molecule has 0 saturated heterocycles. The lowest BCUT2D eigenvalue weighted by atomic mass is 10.5. The summed E-state index contributed by atoms with van der Waals surface area (Å²) in [5, 5.41) is 7.19. The predicted molar refractivity (Wildman–Crippen MR) is 68.2 cm³/mol. The van der Waals surface area contributed by atoms with E-state index in [2.05, 4.69) is 25.4 Å². The van der Waals surface area contributed by atoms with E-state index in [0.29, 0.717) is 17.3 Å². The average Bonchev–Trinajstić information content (AvgIpc) is 2.99. The van der Waals surface area contributed by atoms with Gasteiger partial charge in [-0.1, -0.05) is 0 Å². The zero-order valence-corrected chi connectivity index (χ0v) is 10.6. The molecule has 8 nitrogen and oxygen atoms in total. The third-order valence-electron chi connectivity index (χ3n) is 2.47. The molecule has 3 aromatic rings. The number of ether oxygens (including phenoxy) is 1. The second-order valence-electron chi connectivity index (χ2n) is 3.92. The van der Waals surface area contributed by atoms with Gasteiger partial charge in [-0.3, -0.25) is 9.08 Å². The van der Waals surface area contributed by atoms with Crippen molar-refractivity contribution in [2.45, 2.75) is 6.92 Å². The Kier molecular flexibility index (Phi) is 2.75. The number of hydrogen-bond acceptors (Lipinski definition) is 6. The molecule has 0 saturated carbocycles. The van der Waals surface area contributed by atoms with Crippen LogP contribution in [0.5, 0.6) is 11.9 Å². The van der Waals surface area contributed by atoms with Crippen LogP contribution in [0, 0.1) is 0 Å². The van der Waals surface area contributed by atoms with E-state index in [1.54, 1.807) is 24.3 Å². The highest BCUT2D eigenvalue weighted by molar-refractivity contribution is 5.54. The Balaban J connectivity index is 2.02. The smallest absolute Gasteiger partial charge is 0.342 e. The van der Waals surface area contributed by atoms with E-state index in [0.717, 1.165) is 6.54 Å². The molecular weight excluding hydrogens is 246 g/mol. The van der Waals surface area contributed by atoms with Gasteiger partial charge in [-0.2, -0.15) is 9.97 Å². The molecule has 3 aromatic heterocycles. The Hall–Kier alpha value is -2.64. The second kappa shape index (κ2) is 4.56. The predicted octanol–water partition coefficient (Wildman–Crippen LogP) is 1.08. The highest BCUT2D eigenvalue weighted by Gasteiger charge is 2.11. The summed E-state index contributed by atoms with van der Waals surface area (Å²) in [6.07, 6.45) is 6.93. The molecule has 0 unspecified atom stereocenters. The molecule has 0 atom stereocenters. The van der Waals surface area contributed by atoms with E-state index < -0.39 is 0 Å². The minimum Gasteiger partial charge on any atom is -0.400 e. The Labute approximate surface area is 109 Å². The van der Waals surface area contributed by atoms with Gasteiger partial charge in [0.15, 0.2) is 0 Å². The van der Waals surface area contributed by atoms with Crippen molar-refractivity contribution in [2.24, 2.45) is 7.05 Å². The normalized spacial score (nSPS) is 10.8. The number of anilines is 1. The van der Waals surface area contributed by atoms with Crippen molar-refractivity contribution in [1.29, 1.82) is 0 Å². The number of imidazole rings is 1. The zero-order chi connectivity index (χ0) is 13.2. The molecule has 0 spiro atoms. The van der Waals surface area contributed by atoms with Crippen LogP contribution in [0.3, 0.4) is 0 Å². The fraction of sp³-hybridized carbons (Fsp3) is 0.273. The number of fused-ring (bicyclic) bond motifs is 1. The topological polar surface area (TPSA) is 82.2 Å². The average molecular weight is 259 g/mol. The number of nitrogens with zero attached hydrogens (tertiary/aromatic N) is 6. The van der Waals surface area contributed by atoms with E-state index >= 15 is 0 Å². The monoisotopic (exact) mass is 259 g/mol. The molecule has 19 heavy (non-hydrogen) atoms. The van der Waals surface area contributed by atoms with E-state index in [4.69, 9.17) is 4.74 Å². The Morgan fingerprint density at radius 1 is 1.37 bits per heavy atom. The molecule has 0 fully saturated rings. The third-order valence-corrected chi connectivity index (χ3v) is 2.47. The third kappa shape index (κ3) is 2.19. The van der Waals surface area contributed by atoms with Crippen LogP contribution in [-0.4, -0.2) is 35.7 Å². The summed E-state index contributed by atoms with van der Waals surface area (Å²) in [5.74, 6) is 1.08. The molecule has 1 N–H and O–H groups in total. The zero-order valence-electron chi connectivity index (χ0n) is 10.6. The van der Waals surface area contributed by atoms with Gasteiger partial charge in [-0.05, 0) is 6.92 Å². The number of aryl methyl sites for hydroxylation is 1. The van der Waals surface area contributed by atoms with Crippen molar-refractivity contribution in [2.75, 3.05) is 11.9 Å². The van der Waals surface area contributed by atoms with E-state index in [1.807, 2.05) is 23.7 Å². The summed E-state index contributed by atoms with van der Waals surface area (Å²) < 4.78 is 8.98. The molecule has 0 amide bonds. The molecule has 3 heterocycles. The first-order valence-corrected chi connectivity index (χ1v) is 5.87. The summed E-state index contributed by atoms with van der Waals surface area (Å²) in [7, 11) is 1.77. The minimum absolute atomic E-state index is 0.244. The number of hydrogen-bond donors (Lipinski definition) is 1. The molecule has 0 aliphatic carbocycles. The summed E-state index contributed by atoms with van der Waals surface area (Å²) in [4.78, 5) is 12.6. The highest BCUT2D eigenvalue weighted by atomic mass is 16.5. The number of nitrogens with one attached hydrogen (secondary N) is 1. The molecule has 0 bridgehead atoms. The fourth-order valence-corrected chi connectivity index (χ4v) is 1.69. The van der Waals surface area contributed by atoms with Crippen LogP contribution in [-0.2, 0) is 7.05 Å². The van der Waals surface area contributed by atoms with Crippen molar-refractivity contribution >= 4 is 11.5 Å². The first-order chi connectivity index (χ1) is 9.26. The van der Waals surface area contributed by atoms with Crippen molar-refractivity contribution in [3.05, 3.63) is 24.9 Å². The van der Waals surface area contributed by atoms with Gasteiger partial charge in [-0.15, -0.1) is 5.10 Å². The maximum absolute atomic E-state index is 5.58. The van der Waals surface area contributed by atoms with Gasteiger partial charge >= 0.3 is 6.01 Å². The summed E-state index contributed by atoms with van der Waals surface area (Å²) in [6.45, 7) is 2.77. The minimum atomic E-state index is 0.244. The SMILES string of the molecule is CCNc1cn2ccnc2c(Oc2ncn(C)n2)n1. The van der Waals surface area contributed by atoms with Crippen molar-refractivity contribution in [1.82, 2.24) is 29.1 Å². The molecule has 0 radical (unpaired) electrons. The van der Waals surface area contributed by atoms with Gasteiger partial charge in [0.05, 0.1) is 6.20 Å². The van der Waals surface area contributed by atoms with Gasteiger partial charge in [0.1, 0.15) is 12.1 Å². The van der Waals surface area contributed by atoms with E-state index in [-0.39, 0.29) is 6.01 Å². The Bertz CT molecular complexity index is 702. The van der Waals surface area contributed by atoms with E-state index in [1.165, 1.54) is 0 Å². The summed E-state index contributed by atoms with van der Waals surface area (Å²) >= 11 is 0. The molecule has 0 aliphatic heterocycles. The Morgan fingerprint density at radius 3 is 3.00 bits per heavy atom. The van der Waals surface area contributed by atoms with Crippen LogP contribution in [0.15, 0.2) is 24.9 Å². The Morgan fingerprint density at radius 2 is 2.26 bits per heavy atom. The van der Waals surface area contributed by atoms with Crippen molar-refractivity contribution in [3.63, 3.8) is 0 Å². The highest BCUT2D eigenvalue weighted by Crippen LogP contribution is 2.22. The first kappa shape index (κ1) is 11.5. The van der Waals surface area contributed by atoms with Gasteiger partial charge in [0.2, 0.25) is 5.65 Å². The van der Waals surface area contributed by atoms with Crippen LogP contribution in [0.1, 0.15) is 6.92 Å². The molecule has 8 heteroatoms. The largest absolute Gasteiger partial charge is 0.400 e. The van der Waals surface area contributed by atoms with Gasteiger partial charge in [-0.25, -0.2) is 4.98 Å². The lowest BCUT2D eigenvalue weighted by Gasteiger charge is -2.07. The van der Waals surface area contributed by atoms with Crippen LogP contribution < -0.4 is 10.1 Å². The first-order valence-electron chi connectivity index (χ1n) is 5.87. The van der Waals surface area contributed by atoms with Gasteiger partial charge < -0.3 is 10.1 Å². The van der Waals surface area contributed by atoms with E-state index in [9.17, 15) is 0 Å². The lowest BCUT2D eigenvalue weighted by Crippen LogP contribution is -2.03. The molecule has 0 aliphatic rings. The molecule has 0 aromatic carbocycles. The number of aromatic nitrogens is 6. The van der Waals surface area contributed by atoms with Crippen molar-refractivity contribution < 1.29 is 4.74 Å². The molecule has 3 rings (SSSR count). The quantitative estimate of drug-likeness (QED) is 0.755. The summed E-state index contributed by atoms with van der Waals surface area (Å²) in [6, 6.07) is 0.244. The van der Waals surface area contributed by atoms with Crippen LogP contribution in [0.2, 0.25) is 0 Å². The van der Waals surface area contributed by atoms with Crippen molar-refractivity contribution in [3.8, 4) is 11.9 Å². The second-order valence-corrected chi connectivity index (χ2v) is 3.92. The summed E-state index contributed by atoms with van der Waals surface area (Å²) in [5.41, 5.74) is 0.620. The molecule has 98 valence electrons. The van der Waals surface area contributed by atoms with Gasteiger partial charge in [0.25, 0.3) is 5.88 Å². The van der Waals surface area contributed by atoms with Crippen LogP contribution >= 0.6 is 0 Å². The van der Waals surface area contributed by atoms with Crippen LogP contribution in [0.4, 0.5) is 5.82 Å². The maximum Gasteiger partial charge on any atom is 0.342 e. The fourth-order valence-electron chi connectivity index (χ4n) is 1.69. The standard InChI is InChI=1S/C11H13N7O/c1-3-12-8-6-18-5-4-13-9(18)10(15-8)19-11-14-7-17(2)16-11/h4-7,12H,3H2,1-2H3. The lowest BCUT2D eigenvalue weighted by molar-refractivity contribution is 0.425. The molecular formula is C11H13N7O. The maximum atomic E-state index is 5.58. The van der Waals surface area contributed by atoms with Gasteiger partial charge in [0, 0.05) is 26.0 Å².